The van der Waals surface area contributed by atoms with Gasteiger partial charge in [-0.25, -0.2) is 0 Å². The molecule has 5 atom stereocenters. The van der Waals surface area contributed by atoms with Crippen LogP contribution in [0.15, 0.2) is 0 Å². The number of hydrogen-bond donors (Lipinski definition) is 5. The second-order valence-electron chi connectivity index (χ2n) is 9.16. The lowest BCUT2D eigenvalue weighted by Gasteiger charge is -2.45. The van der Waals surface area contributed by atoms with Crippen LogP contribution in [0.1, 0.15) is 116 Å². The quantitative estimate of drug-likeness (QED) is 0.211. The van der Waals surface area contributed by atoms with Crippen molar-refractivity contribution in [3.8, 4) is 0 Å². The zero-order valence-corrected chi connectivity index (χ0v) is 19.2. The maximum atomic E-state index is 10.5. The molecule has 1 saturated heterocycles. The standard InChI is InChI=1S/C24H48O6/c1-2-3-4-5-6-7-8-9-10-11-12-13-14-15-16-17-18-24(29)23(28)22(27)21(26)20(19-25)30-24/h20-23,25-29H,2-19H2,1H3/t20-,21-,22+,23-,24?/m1/s1. The molecule has 180 valence electrons. The van der Waals surface area contributed by atoms with Gasteiger partial charge in [0.1, 0.15) is 24.4 Å². The van der Waals surface area contributed by atoms with Crippen LogP contribution >= 0.6 is 0 Å². The average molecular weight is 433 g/mol. The van der Waals surface area contributed by atoms with Crippen molar-refractivity contribution in [3.05, 3.63) is 0 Å². The van der Waals surface area contributed by atoms with E-state index < -0.39 is 36.8 Å². The van der Waals surface area contributed by atoms with E-state index in [0.717, 1.165) is 12.8 Å². The highest BCUT2D eigenvalue weighted by Gasteiger charge is 2.51. The van der Waals surface area contributed by atoms with Gasteiger partial charge < -0.3 is 30.3 Å². The first-order chi connectivity index (χ1) is 14.5. The molecule has 0 bridgehead atoms. The fraction of sp³-hybridized carbons (Fsp3) is 1.00. The van der Waals surface area contributed by atoms with E-state index in [-0.39, 0.29) is 6.42 Å². The molecule has 6 heteroatoms. The van der Waals surface area contributed by atoms with Crippen LogP contribution in [0.2, 0.25) is 0 Å². The third kappa shape index (κ3) is 10.4. The first-order valence-electron chi connectivity index (χ1n) is 12.5. The Labute approximate surface area is 183 Å². The van der Waals surface area contributed by atoms with E-state index in [1.165, 1.54) is 83.5 Å². The van der Waals surface area contributed by atoms with E-state index in [1.54, 1.807) is 0 Å². The molecule has 0 aromatic rings. The van der Waals surface area contributed by atoms with Gasteiger partial charge in [0.2, 0.25) is 0 Å². The van der Waals surface area contributed by atoms with Gasteiger partial charge in [0.05, 0.1) is 6.61 Å². The van der Waals surface area contributed by atoms with Crippen molar-refractivity contribution < 1.29 is 30.3 Å². The minimum atomic E-state index is -1.91. The van der Waals surface area contributed by atoms with Crippen molar-refractivity contribution in [2.75, 3.05) is 6.61 Å². The van der Waals surface area contributed by atoms with E-state index in [1.807, 2.05) is 0 Å². The summed E-state index contributed by atoms with van der Waals surface area (Å²) in [5.41, 5.74) is 0. The fourth-order valence-electron chi connectivity index (χ4n) is 4.35. The zero-order valence-electron chi connectivity index (χ0n) is 19.2. The van der Waals surface area contributed by atoms with Crippen LogP contribution in [-0.2, 0) is 4.74 Å². The number of ether oxygens (including phenoxy) is 1. The minimum Gasteiger partial charge on any atom is -0.394 e. The van der Waals surface area contributed by atoms with Crippen molar-refractivity contribution in [1.29, 1.82) is 0 Å². The average Bonchev–Trinajstić information content (AvgIpc) is 2.74. The predicted octanol–water partition coefficient (Wildman–Crippen LogP) is 3.80. The lowest BCUT2D eigenvalue weighted by molar-refractivity contribution is -0.351. The summed E-state index contributed by atoms with van der Waals surface area (Å²) in [5.74, 6) is -1.91. The molecule has 0 radical (unpaired) electrons. The SMILES string of the molecule is CCCCCCCCCCCCCCCCCCC1(O)O[C@H](CO)[C@@H](O)[C@H](O)[C@H]1O. The van der Waals surface area contributed by atoms with Crippen LogP contribution in [0, 0.1) is 0 Å². The Bertz CT molecular complexity index is 405. The van der Waals surface area contributed by atoms with Gasteiger partial charge in [0, 0.05) is 6.42 Å². The molecule has 0 aliphatic carbocycles. The summed E-state index contributed by atoms with van der Waals surface area (Å²) in [4.78, 5) is 0. The van der Waals surface area contributed by atoms with Gasteiger partial charge in [-0.1, -0.05) is 103 Å². The molecule has 6 nitrogen and oxygen atoms in total. The summed E-state index contributed by atoms with van der Waals surface area (Å²) >= 11 is 0. The van der Waals surface area contributed by atoms with E-state index in [4.69, 9.17) is 4.74 Å². The zero-order chi connectivity index (χ0) is 22.2. The normalized spacial score (nSPS) is 29.4. The van der Waals surface area contributed by atoms with E-state index in [2.05, 4.69) is 6.92 Å². The monoisotopic (exact) mass is 432 g/mol. The van der Waals surface area contributed by atoms with Crippen LogP contribution in [0.4, 0.5) is 0 Å². The number of unbranched alkanes of at least 4 members (excludes halogenated alkanes) is 15. The second kappa shape index (κ2) is 16.4. The minimum absolute atomic E-state index is 0.174. The molecule has 0 spiro atoms. The van der Waals surface area contributed by atoms with Crippen molar-refractivity contribution in [2.45, 2.75) is 146 Å². The lowest BCUT2D eigenvalue weighted by atomic mass is 9.89. The lowest BCUT2D eigenvalue weighted by Crippen LogP contribution is -2.65. The van der Waals surface area contributed by atoms with Gasteiger partial charge in [-0.3, -0.25) is 0 Å². The van der Waals surface area contributed by atoms with Gasteiger partial charge in [-0.2, -0.15) is 0 Å². The second-order valence-corrected chi connectivity index (χ2v) is 9.16. The van der Waals surface area contributed by atoms with Crippen LogP contribution in [0.3, 0.4) is 0 Å². The number of aliphatic hydroxyl groups excluding tert-OH is 4. The maximum absolute atomic E-state index is 10.5. The van der Waals surface area contributed by atoms with Crippen LogP contribution in [-0.4, -0.2) is 62.3 Å². The van der Waals surface area contributed by atoms with Crippen molar-refractivity contribution >= 4 is 0 Å². The number of rotatable bonds is 18. The summed E-state index contributed by atoms with van der Waals surface area (Å²) in [5, 5.41) is 49.4. The van der Waals surface area contributed by atoms with Crippen LogP contribution in [0.5, 0.6) is 0 Å². The largest absolute Gasteiger partial charge is 0.394 e. The number of hydrogen-bond acceptors (Lipinski definition) is 6. The Kier molecular flexibility index (Phi) is 15.2. The summed E-state index contributed by atoms with van der Waals surface area (Å²) in [6, 6.07) is 0. The molecule has 1 aliphatic heterocycles. The molecule has 1 unspecified atom stereocenters. The van der Waals surface area contributed by atoms with Gasteiger partial charge in [-0.05, 0) is 6.42 Å². The summed E-state index contributed by atoms with van der Waals surface area (Å²) in [6.45, 7) is 1.74. The van der Waals surface area contributed by atoms with Crippen molar-refractivity contribution in [1.82, 2.24) is 0 Å². The van der Waals surface area contributed by atoms with Gasteiger partial charge in [0.15, 0.2) is 5.79 Å². The Morgan fingerprint density at radius 2 is 1.03 bits per heavy atom. The molecule has 5 N–H and O–H groups in total. The summed E-state index contributed by atoms with van der Waals surface area (Å²) in [6.07, 6.45) is 14.6. The molecular formula is C24H48O6. The van der Waals surface area contributed by atoms with Crippen LogP contribution in [0.25, 0.3) is 0 Å². The number of aliphatic hydroxyl groups is 5. The molecule has 1 heterocycles. The molecule has 1 aliphatic rings. The summed E-state index contributed by atoms with van der Waals surface area (Å²) in [7, 11) is 0. The van der Waals surface area contributed by atoms with Gasteiger partial charge in [-0.15, -0.1) is 0 Å². The molecule has 0 saturated carbocycles. The highest BCUT2D eigenvalue weighted by atomic mass is 16.7. The Balaban J connectivity index is 1.96. The van der Waals surface area contributed by atoms with E-state index in [0.29, 0.717) is 6.42 Å². The fourth-order valence-corrected chi connectivity index (χ4v) is 4.35. The molecule has 1 rings (SSSR count). The smallest absolute Gasteiger partial charge is 0.195 e. The highest BCUT2D eigenvalue weighted by molar-refractivity contribution is 4.95. The first-order valence-corrected chi connectivity index (χ1v) is 12.5. The Hall–Kier alpha value is -0.240. The van der Waals surface area contributed by atoms with E-state index in [9.17, 15) is 25.5 Å². The summed E-state index contributed by atoms with van der Waals surface area (Å²) < 4.78 is 5.29. The molecule has 30 heavy (non-hydrogen) atoms. The molecular weight excluding hydrogens is 384 g/mol. The Morgan fingerprint density at radius 1 is 0.633 bits per heavy atom. The van der Waals surface area contributed by atoms with Gasteiger partial charge >= 0.3 is 0 Å². The molecule has 0 aromatic heterocycles. The van der Waals surface area contributed by atoms with Crippen LogP contribution < -0.4 is 0 Å². The first kappa shape index (κ1) is 27.8. The molecule has 0 amide bonds. The van der Waals surface area contributed by atoms with Crippen molar-refractivity contribution in [3.63, 3.8) is 0 Å². The van der Waals surface area contributed by atoms with E-state index >= 15 is 0 Å². The Morgan fingerprint density at radius 3 is 1.43 bits per heavy atom. The third-order valence-corrected chi connectivity index (χ3v) is 6.44. The molecule has 0 aromatic carbocycles. The maximum Gasteiger partial charge on any atom is 0.195 e. The van der Waals surface area contributed by atoms with Crippen molar-refractivity contribution in [2.24, 2.45) is 0 Å². The molecule has 1 fully saturated rings. The van der Waals surface area contributed by atoms with Gasteiger partial charge in [0.25, 0.3) is 0 Å². The highest BCUT2D eigenvalue weighted by Crippen LogP contribution is 2.32. The third-order valence-electron chi connectivity index (χ3n) is 6.44. The topological polar surface area (TPSA) is 110 Å². The predicted molar refractivity (Wildman–Crippen MR) is 119 cm³/mol.